The molecule has 0 saturated carbocycles. The highest BCUT2D eigenvalue weighted by Gasteiger charge is 2.17. The standard InChI is InChI=1S/C33H51N3O/c1-4-7-9-11-12-13-14-16-17-20-27-24-28(35-29(27)21-18-15-10-8-5-2)25-32-33(37-6-3)26-31(36-32)30-22-19-23-34-30/h19,22-26,34,36H,4-18,20-21H2,1-3H3/b28-25-. The molecule has 1 aliphatic heterocycles. The maximum Gasteiger partial charge on any atom is 0.144 e. The summed E-state index contributed by atoms with van der Waals surface area (Å²) in [6.45, 7) is 7.25. The zero-order valence-corrected chi connectivity index (χ0v) is 23.8. The van der Waals surface area contributed by atoms with Crippen molar-refractivity contribution in [3.63, 3.8) is 0 Å². The third kappa shape index (κ3) is 10.1. The zero-order chi connectivity index (χ0) is 26.1. The van der Waals surface area contributed by atoms with Crippen molar-refractivity contribution in [2.24, 2.45) is 4.99 Å². The molecule has 0 atom stereocenters. The van der Waals surface area contributed by atoms with E-state index in [1.807, 2.05) is 19.2 Å². The average Bonchev–Trinajstić information content (AvgIpc) is 3.64. The molecule has 204 valence electrons. The van der Waals surface area contributed by atoms with E-state index in [-0.39, 0.29) is 0 Å². The fourth-order valence-corrected chi connectivity index (χ4v) is 5.18. The highest BCUT2D eigenvalue weighted by atomic mass is 16.5. The summed E-state index contributed by atoms with van der Waals surface area (Å²) in [6.07, 6.45) is 27.5. The van der Waals surface area contributed by atoms with E-state index in [1.165, 1.54) is 101 Å². The molecule has 1 aliphatic rings. The summed E-state index contributed by atoms with van der Waals surface area (Å²) >= 11 is 0. The third-order valence-corrected chi connectivity index (χ3v) is 7.31. The van der Waals surface area contributed by atoms with Crippen LogP contribution in [-0.4, -0.2) is 22.3 Å². The van der Waals surface area contributed by atoms with Gasteiger partial charge in [-0.05, 0) is 62.5 Å². The predicted octanol–water partition coefficient (Wildman–Crippen LogP) is 10.4. The first-order valence-corrected chi connectivity index (χ1v) is 15.2. The summed E-state index contributed by atoms with van der Waals surface area (Å²) in [5.41, 5.74) is 6.92. The summed E-state index contributed by atoms with van der Waals surface area (Å²) < 4.78 is 5.96. The van der Waals surface area contributed by atoms with E-state index in [4.69, 9.17) is 9.73 Å². The molecule has 0 fully saturated rings. The van der Waals surface area contributed by atoms with E-state index in [0.29, 0.717) is 6.61 Å². The van der Waals surface area contributed by atoms with Gasteiger partial charge in [0.25, 0.3) is 0 Å². The van der Waals surface area contributed by atoms with Crippen molar-refractivity contribution >= 4 is 11.8 Å². The van der Waals surface area contributed by atoms with Gasteiger partial charge in [0.1, 0.15) is 5.75 Å². The topological polar surface area (TPSA) is 53.2 Å². The van der Waals surface area contributed by atoms with Crippen LogP contribution in [0.3, 0.4) is 0 Å². The molecule has 0 saturated heterocycles. The van der Waals surface area contributed by atoms with Crippen molar-refractivity contribution in [2.75, 3.05) is 6.61 Å². The average molecular weight is 506 g/mol. The second-order valence-electron chi connectivity index (χ2n) is 10.5. The van der Waals surface area contributed by atoms with Gasteiger partial charge in [-0.25, -0.2) is 0 Å². The molecule has 2 aromatic heterocycles. The number of H-pyrrole nitrogens is 2. The maximum absolute atomic E-state index is 5.96. The van der Waals surface area contributed by atoms with E-state index < -0.39 is 0 Å². The molecule has 37 heavy (non-hydrogen) atoms. The number of allylic oxidation sites excluding steroid dienone is 2. The number of aromatic nitrogens is 2. The first-order valence-electron chi connectivity index (χ1n) is 15.2. The van der Waals surface area contributed by atoms with Gasteiger partial charge in [0.2, 0.25) is 0 Å². The summed E-state index contributed by atoms with van der Waals surface area (Å²) in [7, 11) is 0. The van der Waals surface area contributed by atoms with E-state index in [0.717, 1.165) is 41.4 Å². The number of rotatable bonds is 20. The molecule has 0 bridgehead atoms. The Kier molecular flexibility index (Phi) is 13.4. The smallest absolute Gasteiger partial charge is 0.144 e. The molecule has 4 nitrogen and oxygen atoms in total. The molecule has 0 unspecified atom stereocenters. The van der Waals surface area contributed by atoms with Crippen molar-refractivity contribution in [1.82, 2.24) is 9.97 Å². The molecule has 0 radical (unpaired) electrons. The van der Waals surface area contributed by atoms with Gasteiger partial charge in [-0.2, -0.15) is 0 Å². The Hall–Kier alpha value is -2.49. The first-order chi connectivity index (χ1) is 18.2. The van der Waals surface area contributed by atoms with Gasteiger partial charge in [-0.1, -0.05) is 90.9 Å². The quantitative estimate of drug-likeness (QED) is 0.173. The fourth-order valence-electron chi connectivity index (χ4n) is 5.18. The Labute approximate surface area is 226 Å². The maximum atomic E-state index is 5.96. The number of nitrogens with zero attached hydrogens (tertiary/aromatic N) is 1. The highest BCUT2D eigenvalue weighted by molar-refractivity contribution is 6.04. The number of hydrogen-bond donors (Lipinski definition) is 2. The number of aliphatic imine (C=N–C) groups is 1. The Morgan fingerprint density at radius 1 is 0.784 bits per heavy atom. The highest BCUT2D eigenvalue weighted by Crippen LogP contribution is 2.31. The van der Waals surface area contributed by atoms with Crippen LogP contribution in [0.15, 0.2) is 46.7 Å². The molecule has 2 aromatic rings. The minimum atomic E-state index is 0.643. The van der Waals surface area contributed by atoms with Gasteiger partial charge in [0.15, 0.2) is 0 Å². The predicted molar refractivity (Wildman–Crippen MR) is 160 cm³/mol. The van der Waals surface area contributed by atoms with E-state index in [2.05, 4.69) is 48.1 Å². The van der Waals surface area contributed by atoms with Crippen LogP contribution in [-0.2, 0) is 0 Å². The van der Waals surface area contributed by atoms with Crippen molar-refractivity contribution in [3.8, 4) is 17.1 Å². The van der Waals surface area contributed by atoms with Crippen LogP contribution in [0.4, 0.5) is 0 Å². The Morgan fingerprint density at radius 3 is 2.05 bits per heavy atom. The summed E-state index contributed by atoms with van der Waals surface area (Å²) in [6, 6.07) is 6.18. The summed E-state index contributed by atoms with van der Waals surface area (Å²) in [5.74, 6) is 0.886. The second kappa shape index (κ2) is 17.1. The molecular weight excluding hydrogens is 454 g/mol. The minimum absolute atomic E-state index is 0.643. The number of ether oxygens (including phenoxy) is 1. The number of nitrogens with one attached hydrogen (secondary N) is 2. The van der Waals surface area contributed by atoms with E-state index >= 15 is 0 Å². The Bertz CT molecular complexity index is 977. The van der Waals surface area contributed by atoms with Gasteiger partial charge in [0, 0.05) is 18.0 Å². The van der Waals surface area contributed by atoms with Gasteiger partial charge >= 0.3 is 0 Å². The Balaban J connectivity index is 1.62. The molecule has 3 heterocycles. The lowest BCUT2D eigenvalue weighted by molar-refractivity contribution is 0.340. The second-order valence-corrected chi connectivity index (χ2v) is 10.5. The van der Waals surface area contributed by atoms with Crippen LogP contribution in [0, 0.1) is 0 Å². The molecule has 0 aliphatic carbocycles. The van der Waals surface area contributed by atoms with E-state index in [9.17, 15) is 0 Å². The molecule has 0 aromatic carbocycles. The fraction of sp³-hybridized carbons (Fsp3) is 0.606. The molecule has 2 N–H and O–H groups in total. The number of hydrogen-bond acceptors (Lipinski definition) is 2. The zero-order valence-electron chi connectivity index (χ0n) is 23.8. The van der Waals surface area contributed by atoms with Crippen molar-refractivity contribution in [1.29, 1.82) is 0 Å². The lowest BCUT2D eigenvalue weighted by atomic mass is 9.98. The van der Waals surface area contributed by atoms with Gasteiger partial charge in [-0.3, -0.25) is 4.99 Å². The monoisotopic (exact) mass is 505 g/mol. The van der Waals surface area contributed by atoms with Gasteiger partial charge in [-0.15, -0.1) is 0 Å². The van der Waals surface area contributed by atoms with Crippen LogP contribution in [0.1, 0.15) is 129 Å². The lowest BCUT2D eigenvalue weighted by Crippen LogP contribution is -2.00. The number of aromatic amines is 2. The molecule has 0 amide bonds. The minimum Gasteiger partial charge on any atom is -0.492 e. The molecule has 4 heteroatoms. The summed E-state index contributed by atoms with van der Waals surface area (Å²) in [5, 5.41) is 0. The number of unbranched alkanes of at least 4 members (excludes halogenated alkanes) is 12. The van der Waals surface area contributed by atoms with Gasteiger partial charge < -0.3 is 14.7 Å². The largest absolute Gasteiger partial charge is 0.492 e. The van der Waals surface area contributed by atoms with Crippen molar-refractivity contribution in [3.05, 3.63) is 47.4 Å². The molecule has 3 rings (SSSR count). The van der Waals surface area contributed by atoms with Crippen molar-refractivity contribution < 1.29 is 4.74 Å². The van der Waals surface area contributed by atoms with Crippen molar-refractivity contribution in [2.45, 2.75) is 124 Å². The van der Waals surface area contributed by atoms with Crippen LogP contribution in [0.5, 0.6) is 5.75 Å². The van der Waals surface area contributed by atoms with Crippen LogP contribution in [0.2, 0.25) is 0 Å². The van der Waals surface area contributed by atoms with Crippen LogP contribution >= 0.6 is 0 Å². The lowest BCUT2D eigenvalue weighted by Gasteiger charge is -2.07. The van der Waals surface area contributed by atoms with Crippen LogP contribution < -0.4 is 4.74 Å². The van der Waals surface area contributed by atoms with Crippen LogP contribution in [0.25, 0.3) is 17.5 Å². The van der Waals surface area contributed by atoms with Gasteiger partial charge in [0.05, 0.1) is 29.4 Å². The first kappa shape index (κ1) is 29.1. The third-order valence-electron chi connectivity index (χ3n) is 7.31. The summed E-state index contributed by atoms with van der Waals surface area (Å²) in [4.78, 5) is 11.9. The molecule has 0 spiro atoms. The molecular formula is C33H51N3O. The Morgan fingerprint density at radius 2 is 1.43 bits per heavy atom. The van der Waals surface area contributed by atoms with E-state index in [1.54, 1.807) is 0 Å². The SMILES string of the molecule is CCCCCCCCCCCC1=C/C(=C/c2[nH]c(-c3ccc[nH]3)cc2OCC)N=C1CCCCCCC. The normalized spacial score (nSPS) is 14.4.